The molecule has 4 rings (SSSR count). The third-order valence-electron chi connectivity index (χ3n) is 6.22. The van der Waals surface area contributed by atoms with Crippen LogP contribution in [0.1, 0.15) is 24.0 Å². The van der Waals surface area contributed by atoms with Crippen molar-refractivity contribution < 1.29 is 41.7 Å². The first-order valence-corrected chi connectivity index (χ1v) is 11.0. The number of hydrogen-bond acceptors (Lipinski definition) is 5. The van der Waals surface area contributed by atoms with Crippen LogP contribution < -0.4 is 10.5 Å². The number of fused-ring (bicyclic) bond motifs is 1. The van der Waals surface area contributed by atoms with Gasteiger partial charge < -0.3 is 19.4 Å². The molecule has 12 heteroatoms. The molecule has 37 heavy (non-hydrogen) atoms. The van der Waals surface area contributed by atoms with Crippen molar-refractivity contribution in [2.75, 3.05) is 0 Å². The number of rotatable bonds is 5. The number of alkyl halides is 3. The molecule has 194 valence electrons. The first-order chi connectivity index (χ1) is 17.2. The zero-order chi connectivity index (χ0) is 27.3. The van der Waals surface area contributed by atoms with E-state index in [-0.39, 0.29) is 27.2 Å². The molecule has 0 saturated carbocycles. The van der Waals surface area contributed by atoms with Crippen LogP contribution in [0, 0.1) is 5.82 Å². The van der Waals surface area contributed by atoms with Crippen molar-refractivity contribution in [1.82, 2.24) is 4.57 Å². The minimum absolute atomic E-state index is 0.0499. The Kier molecular flexibility index (Phi) is 6.55. The fourth-order valence-electron chi connectivity index (χ4n) is 4.17. The van der Waals surface area contributed by atoms with Gasteiger partial charge in [0.15, 0.2) is 22.8 Å². The monoisotopic (exact) mass is 539 g/mol. The van der Waals surface area contributed by atoms with Crippen molar-refractivity contribution in [3.8, 4) is 16.9 Å². The minimum atomic E-state index is -5.15. The molecular weight excluding hydrogens is 522 g/mol. The summed E-state index contributed by atoms with van der Waals surface area (Å²) in [5.74, 6) is -3.88. The highest BCUT2D eigenvalue weighted by Gasteiger charge is 2.59. The largest absolute Gasteiger partial charge is 0.511 e. The molecule has 0 saturated heterocycles. The van der Waals surface area contributed by atoms with Crippen LogP contribution >= 0.6 is 11.6 Å². The molecule has 3 aromatic carbocycles. The molecule has 0 aliphatic heterocycles. The highest BCUT2D eigenvalue weighted by molar-refractivity contribution is 6.31. The summed E-state index contributed by atoms with van der Waals surface area (Å²) in [6.45, 7) is 1.15. The predicted molar refractivity (Wildman–Crippen MR) is 125 cm³/mol. The molecule has 7 nitrogen and oxygen atoms in total. The summed E-state index contributed by atoms with van der Waals surface area (Å²) in [5, 5.41) is 19.6. The SMILES string of the molecule is CC(c1ccc(-c2ccc(OC(=O)O)c(F)c2)cc1Cl)C(O)(c1ccc2c(c1)oc(=O)n2C)C(F)(F)F. The molecular formula is C25H18ClF4NO6. The zero-order valence-corrected chi connectivity index (χ0v) is 19.9. The van der Waals surface area contributed by atoms with Crippen LogP contribution in [0.25, 0.3) is 22.2 Å². The molecule has 2 unspecified atom stereocenters. The average Bonchev–Trinajstić information content (AvgIpc) is 3.11. The molecule has 0 bridgehead atoms. The minimum Gasteiger partial charge on any atom is -0.449 e. The molecule has 0 aliphatic carbocycles. The molecule has 2 atom stereocenters. The van der Waals surface area contributed by atoms with Gasteiger partial charge in [-0.25, -0.2) is 14.0 Å². The first-order valence-electron chi connectivity index (χ1n) is 10.6. The summed E-state index contributed by atoms with van der Waals surface area (Å²) >= 11 is 6.34. The van der Waals surface area contributed by atoms with Crippen molar-refractivity contribution in [1.29, 1.82) is 0 Å². The van der Waals surface area contributed by atoms with Crippen molar-refractivity contribution in [2.24, 2.45) is 7.05 Å². The molecule has 0 fully saturated rings. The number of hydrogen-bond donors (Lipinski definition) is 2. The van der Waals surface area contributed by atoms with E-state index in [9.17, 15) is 32.3 Å². The molecule has 2 N–H and O–H groups in total. The van der Waals surface area contributed by atoms with Gasteiger partial charge in [-0.2, -0.15) is 13.2 Å². The van der Waals surface area contributed by atoms with E-state index in [0.717, 1.165) is 35.8 Å². The maximum Gasteiger partial charge on any atom is 0.511 e. The number of halogens is 5. The summed E-state index contributed by atoms with van der Waals surface area (Å²) in [6, 6.07) is 10.7. The van der Waals surface area contributed by atoms with Gasteiger partial charge >= 0.3 is 18.1 Å². The number of carbonyl (C=O) groups is 1. The number of aryl methyl sites for hydroxylation is 1. The van der Waals surface area contributed by atoms with Crippen molar-refractivity contribution in [3.05, 3.63) is 87.1 Å². The van der Waals surface area contributed by atoms with Crippen LogP contribution in [0.4, 0.5) is 22.4 Å². The predicted octanol–water partition coefficient (Wildman–Crippen LogP) is 6.20. The van der Waals surface area contributed by atoms with Gasteiger partial charge in [0.25, 0.3) is 0 Å². The van der Waals surface area contributed by atoms with Crippen LogP contribution in [0.3, 0.4) is 0 Å². The lowest BCUT2D eigenvalue weighted by Gasteiger charge is -2.37. The Balaban J connectivity index is 1.75. The van der Waals surface area contributed by atoms with Crippen molar-refractivity contribution in [3.63, 3.8) is 0 Å². The summed E-state index contributed by atoms with van der Waals surface area (Å²) in [4.78, 5) is 22.4. The van der Waals surface area contributed by atoms with Gasteiger partial charge in [0.05, 0.1) is 5.52 Å². The fourth-order valence-corrected chi connectivity index (χ4v) is 4.51. The third-order valence-corrected chi connectivity index (χ3v) is 6.55. The molecule has 0 radical (unpaired) electrons. The van der Waals surface area contributed by atoms with Gasteiger partial charge in [0.2, 0.25) is 0 Å². The Morgan fingerprint density at radius 3 is 2.32 bits per heavy atom. The smallest absolute Gasteiger partial charge is 0.449 e. The maximum atomic E-state index is 14.4. The highest BCUT2D eigenvalue weighted by Crippen LogP contribution is 2.50. The van der Waals surface area contributed by atoms with Crippen LogP contribution in [-0.4, -0.2) is 27.1 Å². The lowest BCUT2D eigenvalue weighted by molar-refractivity contribution is -0.274. The molecule has 0 spiro atoms. The summed E-state index contributed by atoms with van der Waals surface area (Å²) in [7, 11) is 1.40. The van der Waals surface area contributed by atoms with E-state index in [1.54, 1.807) is 0 Å². The van der Waals surface area contributed by atoms with E-state index in [1.165, 1.54) is 37.4 Å². The van der Waals surface area contributed by atoms with Crippen molar-refractivity contribution in [2.45, 2.75) is 24.6 Å². The number of aromatic nitrogens is 1. The van der Waals surface area contributed by atoms with E-state index in [1.807, 2.05) is 0 Å². The number of aliphatic hydroxyl groups is 1. The molecule has 0 aliphatic rings. The van der Waals surface area contributed by atoms with Gasteiger partial charge in [0.1, 0.15) is 0 Å². The quantitative estimate of drug-likeness (QED) is 0.178. The van der Waals surface area contributed by atoms with Crippen LogP contribution in [0.2, 0.25) is 5.02 Å². The highest BCUT2D eigenvalue weighted by atomic mass is 35.5. The Hall–Kier alpha value is -3.83. The van der Waals surface area contributed by atoms with Crippen LogP contribution in [0.5, 0.6) is 5.75 Å². The summed E-state index contributed by atoms with van der Waals surface area (Å²) < 4.78 is 67.8. The van der Waals surface area contributed by atoms with Crippen LogP contribution in [0.15, 0.2) is 63.8 Å². The summed E-state index contributed by atoms with van der Waals surface area (Å²) in [6.07, 6.45) is -6.85. The Bertz CT molecular complexity index is 1580. The molecule has 1 heterocycles. The standard InChI is InChI=1S/C25H18ClF4NO6/c1-12(24(35,25(28,29)30)15-5-7-19-21(11-15)36-22(32)31(19)2)16-6-3-13(9-17(16)26)14-4-8-20(18(27)10-14)37-23(33)34/h3-12,35H,1-2H3,(H,33,34). The zero-order valence-electron chi connectivity index (χ0n) is 19.1. The normalized spacial score (nSPS) is 14.4. The number of oxazole rings is 1. The Morgan fingerprint density at radius 2 is 1.73 bits per heavy atom. The Morgan fingerprint density at radius 1 is 1.08 bits per heavy atom. The molecule has 0 amide bonds. The topological polar surface area (TPSA) is 102 Å². The van der Waals surface area contributed by atoms with E-state index in [2.05, 4.69) is 4.74 Å². The van der Waals surface area contributed by atoms with Gasteiger partial charge in [-0.05, 0) is 52.6 Å². The maximum absolute atomic E-state index is 14.4. The second-order valence-electron chi connectivity index (χ2n) is 8.34. The third kappa shape index (κ3) is 4.56. The van der Waals surface area contributed by atoms with Gasteiger partial charge in [-0.15, -0.1) is 0 Å². The second-order valence-corrected chi connectivity index (χ2v) is 8.75. The second kappa shape index (κ2) is 9.24. The number of ether oxygens (including phenoxy) is 1. The summed E-state index contributed by atoms with van der Waals surface area (Å²) in [5.41, 5.74) is -3.31. The fraction of sp³-hybridized carbons (Fsp3) is 0.200. The van der Waals surface area contributed by atoms with E-state index >= 15 is 0 Å². The number of carboxylic acid groups (broad SMARTS) is 1. The molecule has 4 aromatic rings. The van der Waals surface area contributed by atoms with Crippen LogP contribution in [-0.2, 0) is 12.6 Å². The van der Waals surface area contributed by atoms with Crippen molar-refractivity contribution >= 4 is 28.9 Å². The number of nitrogens with zero attached hydrogens (tertiary/aromatic N) is 1. The Labute approximate surface area is 211 Å². The van der Waals surface area contributed by atoms with Gasteiger partial charge in [0, 0.05) is 18.0 Å². The van der Waals surface area contributed by atoms with E-state index in [0.29, 0.717) is 5.56 Å². The molecule has 1 aromatic heterocycles. The lowest BCUT2D eigenvalue weighted by Crippen LogP contribution is -2.46. The number of benzene rings is 3. The van der Waals surface area contributed by atoms with Gasteiger partial charge in [-0.1, -0.05) is 42.8 Å². The lowest BCUT2D eigenvalue weighted by atomic mass is 9.77. The first kappa shape index (κ1) is 26.2. The average molecular weight is 540 g/mol. The van der Waals surface area contributed by atoms with E-state index in [4.69, 9.17) is 21.1 Å². The van der Waals surface area contributed by atoms with E-state index < -0.39 is 46.7 Å². The van der Waals surface area contributed by atoms with Gasteiger partial charge in [-0.3, -0.25) is 4.57 Å².